The summed E-state index contributed by atoms with van der Waals surface area (Å²) in [5.74, 6) is -5.76. The summed E-state index contributed by atoms with van der Waals surface area (Å²) in [6.07, 6.45) is 7.44. The molecule has 1 aromatic rings. The number of nitrogens with zero attached hydrogens (tertiary/aromatic N) is 4. The number of hydrogen-bond acceptors (Lipinski definition) is 6. The van der Waals surface area contributed by atoms with Crippen LogP contribution in [0.2, 0.25) is 0 Å². The van der Waals surface area contributed by atoms with Crippen LogP contribution < -0.4 is 16.0 Å². The van der Waals surface area contributed by atoms with Gasteiger partial charge < -0.3 is 20.9 Å². The second-order valence-electron chi connectivity index (χ2n) is 11.3. The van der Waals surface area contributed by atoms with Crippen molar-refractivity contribution in [3.63, 3.8) is 0 Å². The molecule has 0 spiro atoms. The van der Waals surface area contributed by atoms with E-state index in [0.717, 1.165) is 19.3 Å². The summed E-state index contributed by atoms with van der Waals surface area (Å²) in [5, 5.41) is 22.5. The lowest BCUT2D eigenvalue weighted by molar-refractivity contribution is -0.194. The van der Waals surface area contributed by atoms with E-state index in [1.165, 1.54) is 4.90 Å². The van der Waals surface area contributed by atoms with Gasteiger partial charge in [0, 0.05) is 38.2 Å². The zero-order valence-electron chi connectivity index (χ0n) is 21.5. The topological polar surface area (TPSA) is 132 Å². The number of aryl methyl sites for hydroxylation is 1. The molecule has 3 saturated heterocycles. The number of nitriles is 1. The summed E-state index contributed by atoms with van der Waals surface area (Å²) in [6.45, 7) is 0.575. The van der Waals surface area contributed by atoms with Gasteiger partial charge in [0.05, 0.1) is 23.9 Å². The number of amides is 3. The minimum absolute atomic E-state index is 0.103. The number of anilines is 1. The minimum atomic E-state index is -3.09. The number of alkyl halides is 2. The number of nitrogens with one attached hydrogen (secondary N) is 3. The first kappa shape index (κ1) is 26.4. The number of fused-ring (bicyclic) bond motifs is 3. The Morgan fingerprint density at radius 3 is 2.68 bits per heavy atom. The molecular weight excluding hydrogens is 496 g/mol. The van der Waals surface area contributed by atoms with Crippen molar-refractivity contribution < 1.29 is 23.2 Å². The Morgan fingerprint density at radius 1 is 1.26 bits per heavy atom. The zero-order valence-corrected chi connectivity index (χ0v) is 21.5. The Balaban J connectivity index is 1.37. The summed E-state index contributed by atoms with van der Waals surface area (Å²) in [7, 11) is 1.76. The lowest BCUT2D eigenvalue weighted by atomic mass is 9.71. The van der Waals surface area contributed by atoms with Gasteiger partial charge in [0.15, 0.2) is 0 Å². The number of carbonyl (C=O) groups excluding carboxylic acids is 3. The Kier molecular flexibility index (Phi) is 7.29. The van der Waals surface area contributed by atoms with Crippen LogP contribution in [0.4, 0.5) is 14.5 Å². The van der Waals surface area contributed by atoms with Crippen molar-refractivity contribution in [2.45, 2.75) is 87.9 Å². The van der Waals surface area contributed by atoms with Gasteiger partial charge >= 0.3 is 0 Å². The van der Waals surface area contributed by atoms with Crippen molar-refractivity contribution in [2.24, 2.45) is 24.8 Å². The largest absolute Gasteiger partial charge is 0.371 e. The Bertz CT molecular complexity index is 1110. The Hall–Kier alpha value is -3.23. The highest BCUT2D eigenvalue weighted by molar-refractivity contribution is 5.92. The fraction of sp³-hybridized carbons (Fsp3) is 0.731. The molecule has 0 unspecified atom stereocenters. The Labute approximate surface area is 220 Å². The quantitative estimate of drug-likeness (QED) is 0.446. The molecule has 206 valence electrons. The molecule has 6 rings (SSSR count). The maximum Gasteiger partial charge on any atom is 0.255 e. The van der Waals surface area contributed by atoms with E-state index in [1.54, 1.807) is 24.1 Å². The summed E-state index contributed by atoms with van der Waals surface area (Å²) in [6, 6.07) is -1.81. The van der Waals surface area contributed by atoms with E-state index in [4.69, 9.17) is 0 Å². The van der Waals surface area contributed by atoms with Gasteiger partial charge in [-0.2, -0.15) is 10.4 Å². The van der Waals surface area contributed by atoms with E-state index in [1.807, 2.05) is 6.07 Å². The molecule has 6 atom stereocenters. The number of hydrogen-bond donors (Lipinski definition) is 3. The van der Waals surface area contributed by atoms with Gasteiger partial charge in [-0.15, -0.1) is 0 Å². The first-order chi connectivity index (χ1) is 18.2. The lowest BCUT2D eigenvalue weighted by Crippen LogP contribution is -2.70. The highest BCUT2D eigenvalue weighted by atomic mass is 19.3. The van der Waals surface area contributed by atoms with Crippen LogP contribution in [0.5, 0.6) is 0 Å². The number of aromatic nitrogens is 2. The molecule has 2 saturated carbocycles. The lowest BCUT2D eigenvalue weighted by Gasteiger charge is -2.54. The predicted molar refractivity (Wildman–Crippen MR) is 133 cm³/mol. The van der Waals surface area contributed by atoms with Crippen LogP contribution in [-0.2, 0) is 21.4 Å². The normalized spacial score (nSPS) is 29.6. The molecule has 3 aliphatic heterocycles. The molecule has 2 bridgehead atoms. The van der Waals surface area contributed by atoms with Crippen molar-refractivity contribution in [1.82, 2.24) is 25.3 Å². The second-order valence-corrected chi connectivity index (χ2v) is 11.3. The van der Waals surface area contributed by atoms with Gasteiger partial charge in [0.1, 0.15) is 18.1 Å². The predicted octanol–water partition coefficient (Wildman–Crippen LogP) is 1.94. The number of carbonyl (C=O) groups is 3. The molecule has 38 heavy (non-hydrogen) atoms. The van der Waals surface area contributed by atoms with Crippen molar-refractivity contribution in [3.8, 4) is 6.07 Å². The first-order valence-electron chi connectivity index (χ1n) is 13.6. The average molecular weight is 532 g/mol. The summed E-state index contributed by atoms with van der Waals surface area (Å²) >= 11 is 0. The standard InChI is InChI=1S/C26H35F2N7O3/c1-34-14-18(13-31-34)32-21(9-15-4-5-15)25(38)35-19-6-7-20(26(27,28)11-19)22(35)24(37)33-17(12-29)10-16-3-2-8-30-23(16)36/h13-17,19-22,32H,2-11H2,1H3,(H,30,36)(H,33,37)/t16-,17-,19+,20+,21-,22+/m1/s1. The van der Waals surface area contributed by atoms with Gasteiger partial charge in [0.25, 0.3) is 5.92 Å². The summed E-state index contributed by atoms with van der Waals surface area (Å²) in [5.41, 5.74) is 0.648. The van der Waals surface area contributed by atoms with Crippen molar-refractivity contribution in [3.05, 3.63) is 12.4 Å². The third-order valence-electron chi connectivity index (χ3n) is 8.46. The Morgan fingerprint density at radius 2 is 2.05 bits per heavy atom. The highest BCUT2D eigenvalue weighted by Gasteiger charge is 2.61. The van der Waals surface area contributed by atoms with Crippen molar-refractivity contribution in [2.75, 3.05) is 11.9 Å². The third-order valence-corrected chi connectivity index (χ3v) is 8.46. The van der Waals surface area contributed by atoms with E-state index in [-0.39, 0.29) is 24.7 Å². The van der Waals surface area contributed by atoms with Crippen molar-refractivity contribution in [1.29, 1.82) is 5.26 Å². The van der Waals surface area contributed by atoms with Crippen LogP contribution in [0.25, 0.3) is 0 Å². The molecule has 5 fully saturated rings. The molecule has 2 aliphatic carbocycles. The molecule has 3 N–H and O–H groups in total. The summed E-state index contributed by atoms with van der Waals surface area (Å²) in [4.78, 5) is 41.1. The monoisotopic (exact) mass is 531 g/mol. The van der Waals surface area contributed by atoms with Gasteiger partial charge in [-0.05, 0) is 44.4 Å². The van der Waals surface area contributed by atoms with Gasteiger partial charge in [0.2, 0.25) is 17.7 Å². The number of rotatable bonds is 9. The average Bonchev–Trinajstić information content (AvgIpc) is 3.61. The molecule has 0 radical (unpaired) electrons. The third kappa shape index (κ3) is 5.47. The molecule has 10 nitrogen and oxygen atoms in total. The van der Waals surface area contributed by atoms with Gasteiger partial charge in [-0.25, -0.2) is 8.78 Å². The fourth-order valence-corrected chi connectivity index (χ4v) is 6.36. The minimum Gasteiger partial charge on any atom is -0.371 e. The first-order valence-corrected chi connectivity index (χ1v) is 13.6. The SMILES string of the molecule is Cn1cc(N[C@H](CC2CC2)C(=O)N2[C@H]3CC[C@@H]([C@H]2C(=O)N[C@@H](C#N)C[C@H]2CCCNC2=O)C(F)(F)C3)cn1. The van der Waals surface area contributed by atoms with Crippen LogP contribution in [-0.4, -0.2) is 69.0 Å². The van der Waals surface area contributed by atoms with Crippen molar-refractivity contribution >= 4 is 23.4 Å². The zero-order chi connectivity index (χ0) is 27.0. The highest BCUT2D eigenvalue weighted by Crippen LogP contribution is 2.49. The van der Waals surface area contributed by atoms with E-state index < -0.39 is 54.3 Å². The second kappa shape index (κ2) is 10.5. The molecule has 4 heterocycles. The van der Waals surface area contributed by atoms with Crippen LogP contribution in [0, 0.1) is 29.1 Å². The molecule has 3 amide bonds. The van der Waals surface area contributed by atoms with E-state index in [9.17, 15) is 19.6 Å². The van der Waals surface area contributed by atoms with Gasteiger partial charge in [-0.3, -0.25) is 19.1 Å². The fourth-order valence-electron chi connectivity index (χ4n) is 6.36. The number of piperidine rings is 3. The molecule has 5 aliphatic rings. The van der Waals surface area contributed by atoms with Crippen LogP contribution in [0.3, 0.4) is 0 Å². The molecular formula is C26H35F2N7O3. The smallest absolute Gasteiger partial charge is 0.255 e. The molecule has 0 aromatic carbocycles. The van der Waals surface area contributed by atoms with Crippen LogP contribution in [0.15, 0.2) is 12.4 Å². The maximum atomic E-state index is 15.1. The van der Waals surface area contributed by atoms with Gasteiger partial charge in [-0.1, -0.05) is 12.8 Å². The van der Waals surface area contributed by atoms with Crippen LogP contribution in [0.1, 0.15) is 57.8 Å². The van der Waals surface area contributed by atoms with E-state index in [2.05, 4.69) is 21.0 Å². The number of halogens is 2. The molecule has 12 heteroatoms. The van der Waals surface area contributed by atoms with Crippen LogP contribution >= 0.6 is 0 Å². The van der Waals surface area contributed by atoms with E-state index >= 15 is 8.78 Å². The maximum absolute atomic E-state index is 15.1. The molecule has 1 aromatic heterocycles. The summed E-state index contributed by atoms with van der Waals surface area (Å²) < 4.78 is 31.8. The van der Waals surface area contributed by atoms with E-state index in [0.29, 0.717) is 37.4 Å².